The lowest BCUT2D eigenvalue weighted by molar-refractivity contribution is -0.128. The van der Waals surface area contributed by atoms with Gasteiger partial charge < -0.3 is 4.90 Å². The first kappa shape index (κ1) is 19.9. The minimum Gasteiger partial charge on any atom is -0.337 e. The Balaban J connectivity index is 1.68. The Kier molecular flexibility index (Phi) is 6.93. The molecule has 0 saturated heterocycles. The van der Waals surface area contributed by atoms with Crippen LogP contribution in [0.15, 0.2) is 47.9 Å². The molecule has 0 atom stereocenters. The molecule has 0 saturated carbocycles. The number of aryl methyl sites for hydroxylation is 1. The van der Waals surface area contributed by atoms with Gasteiger partial charge in [0.2, 0.25) is 5.91 Å². The second-order valence-corrected chi connectivity index (χ2v) is 8.61. The zero-order valence-corrected chi connectivity index (χ0v) is 17.7. The van der Waals surface area contributed by atoms with Crippen molar-refractivity contribution in [2.45, 2.75) is 32.0 Å². The van der Waals surface area contributed by atoms with E-state index in [0.717, 1.165) is 26.5 Å². The van der Waals surface area contributed by atoms with Crippen LogP contribution < -0.4 is 0 Å². The Morgan fingerprint density at radius 1 is 1.26 bits per heavy atom. The summed E-state index contributed by atoms with van der Waals surface area (Å²) in [4.78, 5) is 15.6. The fraction of sp³-hybridized carbons (Fsp3) is 0.316. The first-order valence-electron chi connectivity index (χ1n) is 8.75. The van der Waals surface area contributed by atoms with Crippen LogP contribution in [0.25, 0.3) is 5.69 Å². The van der Waals surface area contributed by atoms with Crippen molar-refractivity contribution < 1.29 is 4.79 Å². The molecule has 5 nitrogen and oxygen atoms in total. The molecule has 2 aromatic heterocycles. The van der Waals surface area contributed by atoms with Crippen molar-refractivity contribution in [1.29, 1.82) is 0 Å². The smallest absolute Gasteiger partial charge is 0.233 e. The molecule has 0 aliphatic carbocycles. The summed E-state index contributed by atoms with van der Waals surface area (Å²) in [7, 11) is 0. The number of hydrogen-bond donors (Lipinski definition) is 0. The van der Waals surface area contributed by atoms with Crippen LogP contribution in [0.1, 0.15) is 24.3 Å². The number of nitrogens with zero attached hydrogens (tertiary/aromatic N) is 4. The van der Waals surface area contributed by atoms with E-state index >= 15 is 0 Å². The first-order valence-corrected chi connectivity index (χ1v) is 10.9. The SMILES string of the molecule is CCc1ccccc1-n1cnnc1SCC(=O)N(CC)Cc1ccc(Cl)s1. The maximum atomic E-state index is 12.7. The van der Waals surface area contributed by atoms with Crippen LogP contribution in [-0.4, -0.2) is 37.9 Å². The predicted octanol–water partition coefficient (Wildman–Crippen LogP) is 4.69. The Labute approximate surface area is 172 Å². The minimum atomic E-state index is 0.0744. The quantitative estimate of drug-likeness (QED) is 0.496. The molecule has 2 heterocycles. The maximum Gasteiger partial charge on any atom is 0.233 e. The fourth-order valence-corrected chi connectivity index (χ4v) is 4.68. The molecule has 0 unspecified atom stereocenters. The molecule has 1 amide bonds. The Bertz CT molecular complexity index is 909. The number of hydrogen-bond acceptors (Lipinski definition) is 5. The van der Waals surface area contributed by atoms with E-state index in [0.29, 0.717) is 18.8 Å². The van der Waals surface area contributed by atoms with Crippen LogP contribution in [0.4, 0.5) is 0 Å². The summed E-state index contributed by atoms with van der Waals surface area (Å²) in [5.74, 6) is 0.394. The van der Waals surface area contributed by atoms with Gasteiger partial charge >= 0.3 is 0 Å². The molecule has 0 bridgehead atoms. The normalized spacial score (nSPS) is 10.9. The van der Waals surface area contributed by atoms with Gasteiger partial charge in [-0.25, -0.2) is 0 Å². The largest absolute Gasteiger partial charge is 0.337 e. The summed E-state index contributed by atoms with van der Waals surface area (Å²) in [6.07, 6.45) is 2.62. The van der Waals surface area contributed by atoms with Gasteiger partial charge in [-0.2, -0.15) is 0 Å². The zero-order chi connectivity index (χ0) is 19.2. The van der Waals surface area contributed by atoms with E-state index in [1.165, 1.54) is 28.7 Å². The summed E-state index contributed by atoms with van der Waals surface area (Å²) in [5.41, 5.74) is 2.27. The van der Waals surface area contributed by atoms with E-state index in [2.05, 4.69) is 23.2 Å². The maximum absolute atomic E-state index is 12.7. The molecule has 1 aromatic carbocycles. The van der Waals surface area contributed by atoms with Crippen LogP contribution in [0, 0.1) is 0 Å². The lowest BCUT2D eigenvalue weighted by atomic mass is 10.1. The summed E-state index contributed by atoms with van der Waals surface area (Å²) in [6.45, 7) is 5.34. The van der Waals surface area contributed by atoms with Crippen molar-refractivity contribution in [3.05, 3.63) is 57.5 Å². The number of aromatic nitrogens is 3. The third-order valence-corrected chi connectivity index (χ3v) is 6.33. The predicted molar refractivity (Wildman–Crippen MR) is 112 cm³/mol. The molecule has 8 heteroatoms. The van der Waals surface area contributed by atoms with Crippen LogP contribution in [0.3, 0.4) is 0 Å². The van der Waals surface area contributed by atoms with Crippen LogP contribution >= 0.6 is 34.7 Å². The van der Waals surface area contributed by atoms with Crippen molar-refractivity contribution in [1.82, 2.24) is 19.7 Å². The molecule has 0 aliphatic rings. The summed E-state index contributed by atoms with van der Waals surface area (Å²) >= 11 is 8.91. The van der Waals surface area contributed by atoms with E-state index in [4.69, 9.17) is 11.6 Å². The number of thioether (sulfide) groups is 1. The van der Waals surface area contributed by atoms with Crippen LogP contribution in [0.2, 0.25) is 4.34 Å². The van der Waals surface area contributed by atoms with Gasteiger partial charge in [0.25, 0.3) is 0 Å². The third-order valence-electron chi connectivity index (χ3n) is 4.18. The summed E-state index contributed by atoms with van der Waals surface area (Å²) in [6, 6.07) is 12.0. The van der Waals surface area contributed by atoms with Crippen molar-refractivity contribution in [3.8, 4) is 5.69 Å². The van der Waals surface area contributed by atoms with E-state index < -0.39 is 0 Å². The summed E-state index contributed by atoms with van der Waals surface area (Å²) < 4.78 is 2.69. The zero-order valence-electron chi connectivity index (χ0n) is 15.3. The highest BCUT2D eigenvalue weighted by Gasteiger charge is 2.16. The average Bonchev–Trinajstić information content (AvgIpc) is 3.32. The van der Waals surface area contributed by atoms with Gasteiger partial charge in [-0.1, -0.05) is 48.5 Å². The molecule has 3 rings (SSSR count). The Morgan fingerprint density at radius 2 is 2.07 bits per heavy atom. The van der Waals surface area contributed by atoms with Crippen LogP contribution in [0.5, 0.6) is 0 Å². The molecule has 0 N–H and O–H groups in total. The lowest BCUT2D eigenvalue weighted by Gasteiger charge is -2.20. The topological polar surface area (TPSA) is 51.0 Å². The highest BCUT2D eigenvalue weighted by atomic mass is 35.5. The van der Waals surface area contributed by atoms with Crippen molar-refractivity contribution in [2.24, 2.45) is 0 Å². The second kappa shape index (κ2) is 9.39. The number of amides is 1. The highest BCUT2D eigenvalue weighted by molar-refractivity contribution is 7.99. The van der Waals surface area contributed by atoms with Crippen LogP contribution in [-0.2, 0) is 17.8 Å². The molecule has 0 radical (unpaired) electrons. The van der Waals surface area contributed by atoms with Gasteiger partial charge in [0.15, 0.2) is 5.16 Å². The number of carbonyl (C=O) groups excluding carboxylic acids is 1. The number of carbonyl (C=O) groups is 1. The molecular weight excluding hydrogens is 400 g/mol. The molecular formula is C19H21ClN4OS2. The number of halogens is 1. The van der Waals surface area contributed by atoms with E-state index in [9.17, 15) is 4.79 Å². The molecule has 0 spiro atoms. The Morgan fingerprint density at radius 3 is 2.78 bits per heavy atom. The third kappa shape index (κ3) is 4.91. The van der Waals surface area contributed by atoms with Gasteiger partial charge in [0.05, 0.1) is 22.3 Å². The monoisotopic (exact) mass is 420 g/mol. The summed E-state index contributed by atoms with van der Waals surface area (Å²) in [5, 5.41) is 8.97. The first-order chi connectivity index (χ1) is 13.1. The van der Waals surface area contributed by atoms with Crippen molar-refractivity contribution in [2.75, 3.05) is 12.3 Å². The fourth-order valence-electron chi connectivity index (χ4n) is 2.75. The highest BCUT2D eigenvalue weighted by Crippen LogP contribution is 2.25. The minimum absolute atomic E-state index is 0.0744. The molecule has 0 aliphatic heterocycles. The molecule has 142 valence electrons. The molecule has 27 heavy (non-hydrogen) atoms. The van der Waals surface area contributed by atoms with Crippen molar-refractivity contribution >= 4 is 40.6 Å². The van der Waals surface area contributed by atoms with Gasteiger partial charge in [0, 0.05) is 11.4 Å². The van der Waals surface area contributed by atoms with Gasteiger partial charge in [0.1, 0.15) is 6.33 Å². The van der Waals surface area contributed by atoms with E-state index in [1.54, 1.807) is 6.33 Å². The van der Waals surface area contributed by atoms with E-state index in [1.807, 2.05) is 46.7 Å². The standard InChI is InChI=1S/C19H21ClN4OS2/c1-3-14-7-5-6-8-16(14)24-13-21-22-19(24)26-12-18(25)23(4-2)11-15-9-10-17(20)27-15/h5-10,13H,3-4,11-12H2,1-2H3. The van der Waals surface area contributed by atoms with Gasteiger partial charge in [-0.3, -0.25) is 9.36 Å². The van der Waals surface area contributed by atoms with Gasteiger partial charge in [-0.15, -0.1) is 21.5 Å². The molecule has 0 fully saturated rings. The number of benzene rings is 1. The lowest BCUT2D eigenvalue weighted by Crippen LogP contribution is -2.31. The number of rotatable bonds is 8. The van der Waals surface area contributed by atoms with Crippen molar-refractivity contribution in [3.63, 3.8) is 0 Å². The van der Waals surface area contributed by atoms with E-state index in [-0.39, 0.29) is 5.91 Å². The molecule has 3 aromatic rings. The number of para-hydroxylation sites is 1. The number of thiophene rings is 1. The Hall–Kier alpha value is -1.83. The van der Waals surface area contributed by atoms with Gasteiger partial charge in [-0.05, 0) is 37.1 Å². The average molecular weight is 421 g/mol. The second-order valence-electron chi connectivity index (χ2n) is 5.87.